The monoisotopic (exact) mass is 319 g/mol. The highest BCUT2D eigenvalue weighted by Crippen LogP contribution is 2.28. The van der Waals surface area contributed by atoms with Crippen molar-refractivity contribution < 1.29 is 8.78 Å². The van der Waals surface area contributed by atoms with Gasteiger partial charge in [0.1, 0.15) is 17.3 Å². The van der Waals surface area contributed by atoms with Crippen LogP contribution in [-0.2, 0) is 5.88 Å². The van der Waals surface area contributed by atoms with Gasteiger partial charge in [-0.1, -0.05) is 17.3 Å². The Bertz CT molecular complexity index is 810. The molecule has 0 saturated carbocycles. The topological polar surface area (TPSA) is 30.7 Å². The van der Waals surface area contributed by atoms with Crippen molar-refractivity contribution in [2.75, 3.05) is 0 Å². The molecule has 0 bridgehead atoms. The van der Waals surface area contributed by atoms with Crippen LogP contribution in [0.1, 0.15) is 11.3 Å². The van der Waals surface area contributed by atoms with Gasteiger partial charge in [-0.05, 0) is 36.8 Å². The first-order valence-corrected chi connectivity index (χ1v) is 7.16. The van der Waals surface area contributed by atoms with Gasteiger partial charge in [0, 0.05) is 11.6 Å². The molecule has 3 rings (SSSR count). The van der Waals surface area contributed by atoms with Crippen molar-refractivity contribution in [3.63, 3.8) is 0 Å². The van der Waals surface area contributed by atoms with Crippen molar-refractivity contribution >= 4 is 11.6 Å². The predicted molar refractivity (Wildman–Crippen MR) is 81.0 cm³/mol. The number of alkyl halides is 1. The molecule has 0 aliphatic heterocycles. The van der Waals surface area contributed by atoms with Gasteiger partial charge in [-0.15, -0.1) is 16.7 Å². The second kappa shape index (κ2) is 5.85. The third-order valence-corrected chi connectivity index (χ3v) is 3.50. The number of hydrogen-bond acceptors (Lipinski definition) is 2. The summed E-state index contributed by atoms with van der Waals surface area (Å²) in [6.45, 7) is 1.95. The van der Waals surface area contributed by atoms with Crippen molar-refractivity contribution in [2.24, 2.45) is 0 Å². The Morgan fingerprint density at radius 2 is 1.82 bits per heavy atom. The fraction of sp³-hybridized carbons (Fsp3) is 0.125. The first-order valence-electron chi connectivity index (χ1n) is 6.62. The summed E-state index contributed by atoms with van der Waals surface area (Å²) in [5, 5.41) is 8.08. The maximum Gasteiger partial charge on any atom is 0.126 e. The van der Waals surface area contributed by atoms with Crippen LogP contribution in [0, 0.1) is 18.6 Å². The van der Waals surface area contributed by atoms with E-state index >= 15 is 0 Å². The molecular formula is C16H12ClF2N3. The predicted octanol–water partition coefficient (Wildman–Crippen LogP) is 4.26. The summed E-state index contributed by atoms with van der Waals surface area (Å²) < 4.78 is 28.6. The van der Waals surface area contributed by atoms with Gasteiger partial charge in [-0.2, -0.15) is 0 Å². The molecule has 1 aromatic heterocycles. The highest BCUT2D eigenvalue weighted by Gasteiger charge is 2.17. The summed E-state index contributed by atoms with van der Waals surface area (Å²) in [6.07, 6.45) is 0. The SMILES string of the molecule is Cc1cccc(-n2nnc(CCl)c2-c2cc(F)cc(F)c2)c1. The molecular weight excluding hydrogens is 308 g/mol. The molecule has 6 heteroatoms. The molecule has 0 fully saturated rings. The van der Waals surface area contributed by atoms with E-state index in [1.165, 1.54) is 12.1 Å². The molecule has 0 atom stereocenters. The second-order valence-corrected chi connectivity index (χ2v) is 5.19. The minimum Gasteiger partial charge on any atom is -0.213 e. The number of aryl methyl sites for hydroxylation is 1. The molecule has 0 aliphatic rings. The third kappa shape index (κ3) is 2.72. The molecule has 3 nitrogen and oxygen atoms in total. The van der Waals surface area contributed by atoms with Crippen molar-refractivity contribution in [2.45, 2.75) is 12.8 Å². The van der Waals surface area contributed by atoms with E-state index in [0.29, 0.717) is 17.0 Å². The highest BCUT2D eigenvalue weighted by molar-refractivity contribution is 6.17. The zero-order valence-corrected chi connectivity index (χ0v) is 12.5. The lowest BCUT2D eigenvalue weighted by molar-refractivity contribution is 0.584. The van der Waals surface area contributed by atoms with Crippen LogP contribution in [-0.4, -0.2) is 15.0 Å². The Labute approximate surface area is 131 Å². The van der Waals surface area contributed by atoms with E-state index in [0.717, 1.165) is 17.3 Å². The Hall–Kier alpha value is -2.27. The second-order valence-electron chi connectivity index (χ2n) is 4.93. The minimum atomic E-state index is -0.660. The van der Waals surface area contributed by atoms with Crippen molar-refractivity contribution in [1.29, 1.82) is 0 Å². The molecule has 0 saturated heterocycles. The molecule has 0 radical (unpaired) electrons. The smallest absolute Gasteiger partial charge is 0.126 e. The molecule has 0 spiro atoms. The van der Waals surface area contributed by atoms with E-state index in [2.05, 4.69) is 10.3 Å². The lowest BCUT2D eigenvalue weighted by Gasteiger charge is -2.09. The fourth-order valence-corrected chi connectivity index (χ4v) is 2.50. The van der Waals surface area contributed by atoms with Gasteiger partial charge in [0.25, 0.3) is 0 Å². The maximum atomic E-state index is 13.5. The summed E-state index contributed by atoms with van der Waals surface area (Å²) in [7, 11) is 0. The van der Waals surface area contributed by atoms with Gasteiger partial charge >= 0.3 is 0 Å². The van der Waals surface area contributed by atoms with E-state index in [9.17, 15) is 8.78 Å². The van der Waals surface area contributed by atoms with E-state index in [1.54, 1.807) is 4.68 Å². The third-order valence-electron chi connectivity index (χ3n) is 3.25. The average Bonchev–Trinajstić information content (AvgIpc) is 2.90. The largest absolute Gasteiger partial charge is 0.213 e. The standard InChI is InChI=1S/C16H12ClF2N3/c1-10-3-2-4-14(5-10)22-16(15(9-17)20-21-22)11-6-12(18)8-13(19)7-11/h2-8H,9H2,1H3. The number of benzene rings is 2. The van der Waals surface area contributed by atoms with Gasteiger partial charge in [0.15, 0.2) is 0 Å². The highest BCUT2D eigenvalue weighted by atomic mass is 35.5. The molecule has 112 valence electrons. The molecule has 0 unspecified atom stereocenters. The lowest BCUT2D eigenvalue weighted by Crippen LogP contribution is -2.01. The van der Waals surface area contributed by atoms with E-state index < -0.39 is 11.6 Å². The number of nitrogens with zero attached hydrogens (tertiary/aromatic N) is 3. The zero-order valence-electron chi connectivity index (χ0n) is 11.7. The van der Waals surface area contributed by atoms with Crippen LogP contribution in [0.2, 0.25) is 0 Å². The molecule has 0 amide bonds. The summed E-state index contributed by atoms with van der Waals surface area (Å²) in [5.74, 6) is -1.22. The van der Waals surface area contributed by atoms with Crippen LogP contribution in [0.25, 0.3) is 16.9 Å². The Morgan fingerprint density at radius 1 is 1.09 bits per heavy atom. The van der Waals surface area contributed by atoms with Gasteiger partial charge in [0.05, 0.1) is 17.3 Å². The van der Waals surface area contributed by atoms with Gasteiger partial charge in [0.2, 0.25) is 0 Å². The molecule has 1 heterocycles. The normalized spacial score (nSPS) is 10.9. The van der Waals surface area contributed by atoms with Crippen molar-refractivity contribution in [1.82, 2.24) is 15.0 Å². The van der Waals surface area contributed by atoms with Crippen molar-refractivity contribution in [3.8, 4) is 16.9 Å². The molecule has 2 aromatic carbocycles. The molecule has 3 aromatic rings. The van der Waals surface area contributed by atoms with E-state index in [1.807, 2.05) is 31.2 Å². The average molecular weight is 320 g/mol. The van der Waals surface area contributed by atoms with Crippen molar-refractivity contribution in [3.05, 3.63) is 65.4 Å². The number of aromatic nitrogens is 3. The van der Waals surface area contributed by atoms with E-state index in [-0.39, 0.29) is 5.88 Å². The molecule has 0 aliphatic carbocycles. The van der Waals surface area contributed by atoms with Crippen LogP contribution >= 0.6 is 11.6 Å². The Balaban J connectivity index is 2.24. The minimum absolute atomic E-state index is 0.0965. The van der Waals surface area contributed by atoms with Gasteiger partial charge < -0.3 is 0 Å². The number of rotatable bonds is 3. The summed E-state index contributed by atoms with van der Waals surface area (Å²) in [6, 6.07) is 10.9. The number of hydrogen-bond donors (Lipinski definition) is 0. The molecule has 0 N–H and O–H groups in total. The first kappa shape index (κ1) is 14.7. The van der Waals surface area contributed by atoms with Crippen LogP contribution in [0.5, 0.6) is 0 Å². The zero-order chi connectivity index (χ0) is 15.7. The molecule has 22 heavy (non-hydrogen) atoms. The quantitative estimate of drug-likeness (QED) is 0.675. The lowest BCUT2D eigenvalue weighted by atomic mass is 10.1. The van der Waals surface area contributed by atoms with Gasteiger partial charge in [-0.25, -0.2) is 13.5 Å². The Kier molecular flexibility index (Phi) is 3.90. The van der Waals surface area contributed by atoms with Crippen LogP contribution in [0.4, 0.5) is 8.78 Å². The first-order chi connectivity index (χ1) is 10.6. The van der Waals surface area contributed by atoms with Crippen LogP contribution in [0.3, 0.4) is 0 Å². The Morgan fingerprint density at radius 3 is 2.45 bits per heavy atom. The van der Waals surface area contributed by atoms with Crippen LogP contribution in [0.15, 0.2) is 42.5 Å². The maximum absolute atomic E-state index is 13.5. The summed E-state index contributed by atoms with van der Waals surface area (Å²) >= 11 is 5.89. The van der Waals surface area contributed by atoms with Gasteiger partial charge in [-0.3, -0.25) is 0 Å². The van der Waals surface area contributed by atoms with Crippen LogP contribution < -0.4 is 0 Å². The fourth-order valence-electron chi connectivity index (χ4n) is 2.32. The summed E-state index contributed by atoms with van der Waals surface area (Å²) in [5.41, 5.74) is 3.09. The summed E-state index contributed by atoms with van der Waals surface area (Å²) in [4.78, 5) is 0. The van der Waals surface area contributed by atoms with E-state index in [4.69, 9.17) is 11.6 Å². The number of halogens is 3.